The van der Waals surface area contributed by atoms with Gasteiger partial charge in [-0.25, -0.2) is 0 Å². The first-order valence-electron chi connectivity index (χ1n) is 6.75. The molecule has 0 aromatic carbocycles. The van der Waals surface area contributed by atoms with Crippen LogP contribution in [0, 0.1) is 5.92 Å². The molecule has 1 saturated carbocycles. The number of nitrogens with zero attached hydrogens (tertiary/aromatic N) is 1. The van der Waals surface area contributed by atoms with E-state index in [9.17, 15) is 9.90 Å². The number of nitrogens with one attached hydrogen (secondary N) is 1. The monoisotopic (exact) mass is 240 g/mol. The Morgan fingerprint density at radius 3 is 2.47 bits per heavy atom. The lowest BCUT2D eigenvalue weighted by molar-refractivity contribution is -0.138. The topological polar surface area (TPSA) is 52.6 Å². The summed E-state index contributed by atoms with van der Waals surface area (Å²) >= 11 is 0. The molecule has 0 aromatic heterocycles. The molecule has 2 N–H and O–H groups in total. The maximum Gasteiger partial charge on any atom is 0.225 e. The molecule has 0 atom stereocenters. The van der Waals surface area contributed by atoms with E-state index in [0.29, 0.717) is 38.5 Å². The highest BCUT2D eigenvalue weighted by Crippen LogP contribution is 2.25. The van der Waals surface area contributed by atoms with Gasteiger partial charge in [0.25, 0.3) is 0 Å². The van der Waals surface area contributed by atoms with Crippen LogP contribution in [0.1, 0.15) is 39.5 Å². The van der Waals surface area contributed by atoms with Gasteiger partial charge in [-0.3, -0.25) is 4.79 Å². The first kappa shape index (κ1) is 12.8. The van der Waals surface area contributed by atoms with Gasteiger partial charge in [-0.05, 0) is 25.7 Å². The lowest BCUT2D eigenvalue weighted by Gasteiger charge is -2.39. The molecule has 1 amide bonds. The second-order valence-corrected chi connectivity index (χ2v) is 5.86. The van der Waals surface area contributed by atoms with Crippen molar-refractivity contribution >= 4 is 5.91 Å². The zero-order valence-electron chi connectivity index (χ0n) is 10.9. The van der Waals surface area contributed by atoms with E-state index in [0.717, 1.165) is 0 Å². The van der Waals surface area contributed by atoms with Gasteiger partial charge in [0.1, 0.15) is 0 Å². The standard InChI is InChI=1S/C13H24N2O2/c1-10(2)12(16)15-7-5-13(17,6-8-15)9-14-11-3-4-11/h10-11,14,17H,3-9H2,1-2H3. The molecule has 2 fully saturated rings. The Labute approximate surface area is 103 Å². The van der Waals surface area contributed by atoms with E-state index in [1.165, 1.54) is 12.8 Å². The molecule has 2 aliphatic rings. The Kier molecular flexibility index (Phi) is 3.73. The van der Waals surface area contributed by atoms with Crippen LogP contribution in [0.2, 0.25) is 0 Å². The lowest BCUT2D eigenvalue weighted by atomic mass is 9.90. The molecule has 0 unspecified atom stereocenters. The molecule has 4 nitrogen and oxygen atoms in total. The van der Waals surface area contributed by atoms with Gasteiger partial charge >= 0.3 is 0 Å². The fraction of sp³-hybridized carbons (Fsp3) is 0.923. The van der Waals surface area contributed by atoms with Crippen molar-refractivity contribution in [2.45, 2.75) is 51.2 Å². The van der Waals surface area contributed by atoms with Crippen LogP contribution in [0.15, 0.2) is 0 Å². The van der Waals surface area contributed by atoms with Gasteiger partial charge in [0.15, 0.2) is 0 Å². The van der Waals surface area contributed by atoms with Crippen LogP contribution in [0.4, 0.5) is 0 Å². The Morgan fingerprint density at radius 1 is 1.41 bits per heavy atom. The molecule has 1 saturated heterocycles. The van der Waals surface area contributed by atoms with Gasteiger partial charge in [-0.1, -0.05) is 13.8 Å². The predicted octanol–water partition coefficient (Wildman–Crippen LogP) is 0.748. The van der Waals surface area contributed by atoms with Crippen molar-refractivity contribution in [3.05, 3.63) is 0 Å². The first-order chi connectivity index (χ1) is 8.00. The highest BCUT2D eigenvalue weighted by molar-refractivity contribution is 5.78. The van der Waals surface area contributed by atoms with Gasteiger partial charge in [-0.2, -0.15) is 0 Å². The quantitative estimate of drug-likeness (QED) is 0.762. The maximum atomic E-state index is 11.8. The molecule has 1 heterocycles. The minimum atomic E-state index is -0.601. The van der Waals surface area contributed by atoms with Gasteiger partial charge in [-0.15, -0.1) is 0 Å². The highest BCUT2D eigenvalue weighted by atomic mass is 16.3. The number of piperidine rings is 1. The van der Waals surface area contributed by atoms with Crippen LogP contribution in [-0.4, -0.2) is 47.2 Å². The van der Waals surface area contributed by atoms with E-state index in [2.05, 4.69) is 5.32 Å². The van der Waals surface area contributed by atoms with Crippen LogP contribution in [0.25, 0.3) is 0 Å². The summed E-state index contributed by atoms with van der Waals surface area (Å²) in [6, 6.07) is 0.634. The van der Waals surface area contributed by atoms with Crippen LogP contribution in [0.3, 0.4) is 0 Å². The normalized spacial score (nSPS) is 24.1. The fourth-order valence-electron chi connectivity index (χ4n) is 2.31. The number of aliphatic hydroxyl groups is 1. The number of amides is 1. The van der Waals surface area contributed by atoms with Crippen molar-refractivity contribution in [1.82, 2.24) is 10.2 Å². The largest absolute Gasteiger partial charge is 0.388 e. The lowest BCUT2D eigenvalue weighted by Crippen LogP contribution is -2.52. The van der Waals surface area contributed by atoms with Crippen LogP contribution in [0.5, 0.6) is 0 Å². The molecule has 0 radical (unpaired) electrons. The predicted molar refractivity (Wildman–Crippen MR) is 66.6 cm³/mol. The Bertz CT molecular complexity index is 279. The second kappa shape index (κ2) is 4.94. The summed E-state index contributed by atoms with van der Waals surface area (Å²) in [6.07, 6.45) is 3.89. The molecule has 2 rings (SSSR count). The number of likely N-dealkylation sites (tertiary alicyclic amines) is 1. The SMILES string of the molecule is CC(C)C(=O)N1CCC(O)(CNC2CC2)CC1. The summed E-state index contributed by atoms with van der Waals surface area (Å²) in [7, 11) is 0. The zero-order chi connectivity index (χ0) is 12.5. The third-order valence-corrected chi connectivity index (χ3v) is 3.80. The van der Waals surface area contributed by atoms with E-state index in [1.807, 2.05) is 18.7 Å². The Balaban J connectivity index is 1.77. The summed E-state index contributed by atoms with van der Waals surface area (Å²) in [4.78, 5) is 13.7. The number of hydrogen-bond acceptors (Lipinski definition) is 3. The van der Waals surface area contributed by atoms with Crippen LogP contribution >= 0.6 is 0 Å². The van der Waals surface area contributed by atoms with Crippen molar-refractivity contribution < 1.29 is 9.90 Å². The molecule has 0 bridgehead atoms. The van der Waals surface area contributed by atoms with Crippen molar-refractivity contribution in [3.8, 4) is 0 Å². The zero-order valence-corrected chi connectivity index (χ0v) is 10.9. The van der Waals surface area contributed by atoms with E-state index < -0.39 is 5.60 Å². The second-order valence-electron chi connectivity index (χ2n) is 5.86. The molecule has 0 spiro atoms. The number of rotatable bonds is 4. The molecule has 17 heavy (non-hydrogen) atoms. The van der Waals surface area contributed by atoms with Gasteiger partial charge in [0, 0.05) is 31.6 Å². The van der Waals surface area contributed by atoms with Crippen molar-refractivity contribution in [1.29, 1.82) is 0 Å². The average Bonchev–Trinajstić information content (AvgIpc) is 3.10. The first-order valence-corrected chi connectivity index (χ1v) is 6.75. The van der Waals surface area contributed by atoms with E-state index in [1.54, 1.807) is 0 Å². The maximum absolute atomic E-state index is 11.8. The number of carbonyl (C=O) groups excluding carboxylic acids is 1. The highest BCUT2D eigenvalue weighted by Gasteiger charge is 2.35. The molecular formula is C13H24N2O2. The molecule has 1 aliphatic carbocycles. The van der Waals surface area contributed by atoms with Gasteiger partial charge < -0.3 is 15.3 Å². The number of hydrogen-bond donors (Lipinski definition) is 2. The summed E-state index contributed by atoms with van der Waals surface area (Å²) in [6.45, 7) is 5.93. The third-order valence-electron chi connectivity index (χ3n) is 3.80. The fourth-order valence-corrected chi connectivity index (χ4v) is 2.31. The summed E-state index contributed by atoms with van der Waals surface area (Å²) in [5.74, 6) is 0.271. The Hall–Kier alpha value is -0.610. The van der Waals surface area contributed by atoms with Crippen LogP contribution in [-0.2, 0) is 4.79 Å². The van der Waals surface area contributed by atoms with Gasteiger partial charge in [0.2, 0.25) is 5.91 Å². The summed E-state index contributed by atoms with van der Waals surface area (Å²) < 4.78 is 0. The summed E-state index contributed by atoms with van der Waals surface area (Å²) in [5.41, 5.74) is -0.601. The summed E-state index contributed by atoms with van der Waals surface area (Å²) in [5, 5.41) is 13.8. The minimum Gasteiger partial charge on any atom is -0.388 e. The molecule has 4 heteroatoms. The van der Waals surface area contributed by atoms with E-state index >= 15 is 0 Å². The smallest absolute Gasteiger partial charge is 0.225 e. The Morgan fingerprint density at radius 2 is 2.00 bits per heavy atom. The van der Waals surface area contributed by atoms with E-state index in [4.69, 9.17) is 0 Å². The van der Waals surface area contributed by atoms with Crippen molar-refractivity contribution in [3.63, 3.8) is 0 Å². The average molecular weight is 240 g/mol. The molecule has 0 aromatic rings. The van der Waals surface area contributed by atoms with Crippen molar-refractivity contribution in [2.75, 3.05) is 19.6 Å². The van der Waals surface area contributed by atoms with Crippen molar-refractivity contribution in [2.24, 2.45) is 5.92 Å². The van der Waals surface area contributed by atoms with Crippen LogP contribution < -0.4 is 5.32 Å². The number of carbonyl (C=O) groups is 1. The van der Waals surface area contributed by atoms with Gasteiger partial charge in [0.05, 0.1) is 5.60 Å². The van der Waals surface area contributed by atoms with E-state index in [-0.39, 0.29) is 11.8 Å². The minimum absolute atomic E-state index is 0.0609. The molecule has 98 valence electrons. The third kappa shape index (κ3) is 3.42. The molecular weight excluding hydrogens is 216 g/mol. The molecule has 1 aliphatic heterocycles.